The monoisotopic (exact) mass is 264 g/mol. The van der Waals surface area contributed by atoms with Crippen molar-refractivity contribution in [2.75, 3.05) is 0 Å². The van der Waals surface area contributed by atoms with Gasteiger partial charge in [0.25, 0.3) is 0 Å². The normalized spacial score (nSPS) is 12.5. The number of aromatic nitrogens is 1. The molecule has 0 radical (unpaired) electrons. The number of rotatable bonds is 8. The molecule has 1 atom stereocenters. The van der Waals surface area contributed by atoms with Crippen LogP contribution in [0.25, 0.3) is 0 Å². The number of aryl methyl sites for hydroxylation is 2. The predicted octanol–water partition coefficient (Wildman–Crippen LogP) is 3.89. The van der Waals surface area contributed by atoms with Gasteiger partial charge in [-0.3, -0.25) is 4.98 Å². The zero-order chi connectivity index (χ0) is 14.3. The molecule has 0 saturated carbocycles. The molecule has 0 aliphatic heterocycles. The lowest BCUT2D eigenvalue weighted by Gasteiger charge is -2.18. The van der Waals surface area contributed by atoms with Crippen LogP contribution in [-0.2, 0) is 6.54 Å². The fraction of sp³-hybridized carbons (Fsp3) is 0.688. The van der Waals surface area contributed by atoms with E-state index in [1.165, 1.54) is 25.7 Å². The topological polar surface area (TPSA) is 48.1 Å². The fourth-order valence-corrected chi connectivity index (χ4v) is 2.31. The Kier molecular flexibility index (Phi) is 6.85. The molecule has 108 valence electrons. The SMILES string of the molecule is CCCCCCC(C)Oc1cc(C)nc(C)c1CN. The van der Waals surface area contributed by atoms with Crippen LogP contribution in [0.3, 0.4) is 0 Å². The molecule has 1 unspecified atom stereocenters. The van der Waals surface area contributed by atoms with Crippen LogP contribution in [0.4, 0.5) is 0 Å². The second-order valence-corrected chi connectivity index (χ2v) is 5.31. The molecule has 2 N–H and O–H groups in total. The minimum atomic E-state index is 0.239. The molecule has 1 aromatic rings. The molecule has 0 aliphatic carbocycles. The third kappa shape index (κ3) is 5.19. The summed E-state index contributed by atoms with van der Waals surface area (Å²) in [5.74, 6) is 0.912. The van der Waals surface area contributed by atoms with E-state index in [1.54, 1.807) is 0 Å². The molecule has 19 heavy (non-hydrogen) atoms. The third-order valence-electron chi connectivity index (χ3n) is 3.41. The summed E-state index contributed by atoms with van der Waals surface area (Å²) in [4.78, 5) is 4.44. The van der Waals surface area contributed by atoms with E-state index in [-0.39, 0.29) is 6.10 Å². The van der Waals surface area contributed by atoms with Crippen molar-refractivity contribution in [2.45, 2.75) is 72.4 Å². The van der Waals surface area contributed by atoms with Crippen molar-refractivity contribution in [3.63, 3.8) is 0 Å². The summed E-state index contributed by atoms with van der Waals surface area (Å²) in [5.41, 5.74) is 8.80. The van der Waals surface area contributed by atoms with Crippen molar-refractivity contribution in [3.05, 3.63) is 23.0 Å². The van der Waals surface area contributed by atoms with Crippen LogP contribution in [0.5, 0.6) is 5.75 Å². The van der Waals surface area contributed by atoms with Gasteiger partial charge in [-0.25, -0.2) is 0 Å². The Morgan fingerprint density at radius 1 is 1.26 bits per heavy atom. The van der Waals surface area contributed by atoms with Crippen LogP contribution in [0.1, 0.15) is 62.9 Å². The highest BCUT2D eigenvalue weighted by atomic mass is 16.5. The van der Waals surface area contributed by atoms with E-state index >= 15 is 0 Å². The summed E-state index contributed by atoms with van der Waals surface area (Å²) >= 11 is 0. The lowest BCUT2D eigenvalue weighted by atomic mass is 10.1. The van der Waals surface area contributed by atoms with E-state index in [0.717, 1.165) is 29.1 Å². The molecular weight excluding hydrogens is 236 g/mol. The van der Waals surface area contributed by atoms with E-state index < -0.39 is 0 Å². The van der Waals surface area contributed by atoms with Crippen molar-refractivity contribution in [3.8, 4) is 5.75 Å². The van der Waals surface area contributed by atoms with Crippen LogP contribution >= 0.6 is 0 Å². The van der Waals surface area contributed by atoms with Crippen molar-refractivity contribution in [2.24, 2.45) is 5.73 Å². The van der Waals surface area contributed by atoms with Gasteiger partial charge in [-0.05, 0) is 33.6 Å². The zero-order valence-corrected chi connectivity index (χ0v) is 12.8. The highest BCUT2D eigenvalue weighted by Crippen LogP contribution is 2.24. The standard InChI is InChI=1S/C16H28N2O/c1-5-6-7-8-9-13(3)19-16-10-12(2)18-14(4)15(16)11-17/h10,13H,5-9,11,17H2,1-4H3. The number of ether oxygens (including phenoxy) is 1. The maximum absolute atomic E-state index is 6.06. The fourth-order valence-electron chi connectivity index (χ4n) is 2.31. The highest BCUT2D eigenvalue weighted by Gasteiger charge is 2.11. The summed E-state index contributed by atoms with van der Waals surface area (Å²) in [6.07, 6.45) is 6.45. The van der Waals surface area contributed by atoms with Gasteiger partial charge in [-0.1, -0.05) is 26.2 Å². The number of nitrogens with zero attached hydrogens (tertiary/aromatic N) is 1. The largest absolute Gasteiger partial charge is 0.490 e. The van der Waals surface area contributed by atoms with Gasteiger partial charge >= 0.3 is 0 Å². The van der Waals surface area contributed by atoms with Crippen molar-refractivity contribution >= 4 is 0 Å². The zero-order valence-electron chi connectivity index (χ0n) is 12.8. The van der Waals surface area contributed by atoms with Gasteiger partial charge in [-0.15, -0.1) is 0 Å². The van der Waals surface area contributed by atoms with Crippen LogP contribution in [0.15, 0.2) is 6.07 Å². The Bertz CT molecular complexity index is 391. The molecule has 0 aromatic carbocycles. The Morgan fingerprint density at radius 3 is 2.63 bits per heavy atom. The second kappa shape index (κ2) is 8.16. The first-order valence-corrected chi connectivity index (χ1v) is 7.42. The lowest BCUT2D eigenvalue weighted by Crippen LogP contribution is -2.15. The first-order valence-electron chi connectivity index (χ1n) is 7.42. The lowest BCUT2D eigenvalue weighted by molar-refractivity contribution is 0.204. The van der Waals surface area contributed by atoms with Gasteiger partial charge in [0.05, 0.1) is 6.10 Å². The predicted molar refractivity (Wildman–Crippen MR) is 80.5 cm³/mol. The van der Waals surface area contributed by atoms with Crippen LogP contribution in [-0.4, -0.2) is 11.1 Å². The van der Waals surface area contributed by atoms with E-state index in [4.69, 9.17) is 10.5 Å². The summed E-state index contributed by atoms with van der Waals surface area (Å²) in [5, 5.41) is 0. The summed E-state index contributed by atoms with van der Waals surface area (Å²) in [6, 6.07) is 2.00. The van der Waals surface area contributed by atoms with Crippen molar-refractivity contribution in [1.82, 2.24) is 4.98 Å². The molecule has 1 heterocycles. The van der Waals surface area contributed by atoms with E-state index in [0.29, 0.717) is 6.54 Å². The van der Waals surface area contributed by atoms with Crippen molar-refractivity contribution < 1.29 is 4.74 Å². The average molecular weight is 264 g/mol. The maximum Gasteiger partial charge on any atom is 0.127 e. The average Bonchev–Trinajstić information content (AvgIpc) is 2.34. The van der Waals surface area contributed by atoms with Gasteiger partial charge < -0.3 is 10.5 Å². The van der Waals surface area contributed by atoms with Gasteiger partial charge in [0.15, 0.2) is 0 Å². The van der Waals surface area contributed by atoms with Gasteiger partial charge in [-0.2, -0.15) is 0 Å². The first kappa shape index (κ1) is 16.0. The number of nitrogens with two attached hydrogens (primary N) is 1. The molecule has 0 bridgehead atoms. The van der Waals surface area contributed by atoms with Gasteiger partial charge in [0.1, 0.15) is 5.75 Å². The van der Waals surface area contributed by atoms with E-state index in [1.807, 2.05) is 19.9 Å². The molecule has 3 heteroatoms. The molecular formula is C16H28N2O. The molecule has 1 rings (SSSR count). The third-order valence-corrected chi connectivity index (χ3v) is 3.41. The van der Waals surface area contributed by atoms with Gasteiger partial charge in [0, 0.05) is 29.6 Å². The second-order valence-electron chi connectivity index (χ2n) is 5.31. The molecule has 0 saturated heterocycles. The summed E-state index contributed by atoms with van der Waals surface area (Å²) < 4.78 is 6.06. The maximum atomic E-state index is 6.06. The molecule has 0 fully saturated rings. The Morgan fingerprint density at radius 2 is 2.00 bits per heavy atom. The molecule has 1 aromatic heterocycles. The minimum Gasteiger partial charge on any atom is -0.490 e. The number of hydrogen-bond donors (Lipinski definition) is 1. The van der Waals surface area contributed by atoms with Crippen LogP contribution in [0.2, 0.25) is 0 Å². The number of hydrogen-bond acceptors (Lipinski definition) is 3. The number of pyridine rings is 1. The van der Waals surface area contributed by atoms with Gasteiger partial charge in [0.2, 0.25) is 0 Å². The summed E-state index contributed by atoms with van der Waals surface area (Å²) in [6.45, 7) is 8.84. The van der Waals surface area contributed by atoms with E-state index in [2.05, 4.69) is 18.8 Å². The Balaban J connectivity index is 2.60. The van der Waals surface area contributed by atoms with Crippen LogP contribution in [0, 0.1) is 13.8 Å². The van der Waals surface area contributed by atoms with Crippen molar-refractivity contribution in [1.29, 1.82) is 0 Å². The first-order chi connectivity index (χ1) is 9.08. The quantitative estimate of drug-likeness (QED) is 0.724. The summed E-state index contributed by atoms with van der Waals surface area (Å²) in [7, 11) is 0. The molecule has 0 aliphatic rings. The Hall–Kier alpha value is -1.09. The molecule has 3 nitrogen and oxygen atoms in total. The molecule has 0 amide bonds. The minimum absolute atomic E-state index is 0.239. The highest BCUT2D eigenvalue weighted by molar-refractivity contribution is 5.37. The number of unbranched alkanes of at least 4 members (excludes halogenated alkanes) is 3. The van der Waals surface area contributed by atoms with Crippen LogP contribution < -0.4 is 10.5 Å². The van der Waals surface area contributed by atoms with E-state index in [9.17, 15) is 0 Å². The smallest absolute Gasteiger partial charge is 0.127 e. The molecule has 0 spiro atoms. The Labute approximate surface area is 117 Å².